The van der Waals surface area contributed by atoms with E-state index in [2.05, 4.69) is 43.9 Å². The fraction of sp³-hybridized carbons (Fsp3) is 0.667. The van der Waals surface area contributed by atoms with Gasteiger partial charge in [0.25, 0.3) is 0 Å². The Hall–Kier alpha value is -0.730. The Balaban J connectivity index is 1.98. The molecular weight excluding hydrogens is 282 g/mol. The highest BCUT2D eigenvalue weighted by molar-refractivity contribution is 6.33. The Morgan fingerprint density at radius 3 is 2.48 bits per heavy atom. The summed E-state index contributed by atoms with van der Waals surface area (Å²) in [4.78, 5) is 2.35. The number of benzene rings is 1. The van der Waals surface area contributed by atoms with E-state index in [1.807, 2.05) is 0 Å². The van der Waals surface area contributed by atoms with Crippen LogP contribution in [0, 0.1) is 0 Å². The van der Waals surface area contributed by atoms with Crippen LogP contribution in [0.4, 0.5) is 5.69 Å². The number of hydrogen-bond acceptors (Lipinski definition) is 2. The van der Waals surface area contributed by atoms with Gasteiger partial charge in [0.05, 0.1) is 22.9 Å². The summed E-state index contributed by atoms with van der Waals surface area (Å²) in [5.41, 5.74) is 2.50. The molecule has 21 heavy (non-hydrogen) atoms. The molecular formula is C18H28ClNO. The van der Waals surface area contributed by atoms with E-state index in [1.165, 1.54) is 31.2 Å². The molecule has 0 radical (unpaired) electrons. The average Bonchev–Trinajstić information content (AvgIpc) is 2.42. The minimum atomic E-state index is 0.263. The molecule has 0 amide bonds. The normalized spacial score (nSPS) is 22.6. The quantitative estimate of drug-likeness (QED) is 0.680. The number of anilines is 1. The molecule has 0 aliphatic carbocycles. The van der Waals surface area contributed by atoms with Crippen LogP contribution < -0.4 is 4.90 Å². The van der Waals surface area contributed by atoms with Gasteiger partial charge in [0.15, 0.2) is 0 Å². The van der Waals surface area contributed by atoms with E-state index in [1.54, 1.807) is 0 Å². The van der Waals surface area contributed by atoms with Crippen molar-refractivity contribution in [1.29, 1.82) is 0 Å². The van der Waals surface area contributed by atoms with Gasteiger partial charge in [-0.3, -0.25) is 0 Å². The molecule has 1 heterocycles. The van der Waals surface area contributed by atoms with Crippen molar-refractivity contribution in [2.24, 2.45) is 0 Å². The molecule has 0 aromatic heterocycles. The van der Waals surface area contributed by atoms with Crippen LogP contribution in [-0.4, -0.2) is 25.3 Å². The molecule has 2 nitrogen and oxygen atoms in total. The summed E-state index contributed by atoms with van der Waals surface area (Å²) < 4.78 is 5.79. The first kappa shape index (κ1) is 16.6. The van der Waals surface area contributed by atoms with Gasteiger partial charge in [-0.05, 0) is 44.4 Å². The fourth-order valence-electron chi connectivity index (χ4n) is 3.09. The summed E-state index contributed by atoms with van der Waals surface area (Å²) in [6, 6.07) is 6.56. The number of halogens is 1. The fourth-order valence-corrected chi connectivity index (χ4v) is 3.42. The van der Waals surface area contributed by atoms with Crippen LogP contribution in [0.15, 0.2) is 18.2 Å². The maximum Gasteiger partial charge on any atom is 0.0726 e. The van der Waals surface area contributed by atoms with Crippen LogP contribution in [0.1, 0.15) is 52.0 Å². The highest BCUT2D eigenvalue weighted by Crippen LogP contribution is 2.30. The van der Waals surface area contributed by atoms with E-state index in [0.717, 1.165) is 30.2 Å². The molecule has 0 unspecified atom stereocenters. The van der Waals surface area contributed by atoms with Crippen LogP contribution in [0.25, 0.3) is 0 Å². The second-order valence-corrected chi connectivity index (χ2v) is 6.67. The number of aryl methyl sites for hydroxylation is 1. The molecule has 118 valence electrons. The van der Waals surface area contributed by atoms with Crippen molar-refractivity contribution in [3.8, 4) is 0 Å². The Bertz CT molecular complexity index is 439. The SMILES string of the molecule is CCCCCCc1ccc(N2C[C@@H](C)O[C@@H](C)C2)c(Cl)c1. The number of nitrogens with zero attached hydrogens (tertiary/aromatic N) is 1. The first-order chi connectivity index (χ1) is 10.1. The number of hydrogen-bond donors (Lipinski definition) is 0. The molecule has 1 aromatic rings. The summed E-state index contributed by atoms with van der Waals surface area (Å²) in [6.45, 7) is 8.33. The molecule has 2 atom stereocenters. The molecule has 0 saturated carbocycles. The van der Waals surface area contributed by atoms with E-state index in [4.69, 9.17) is 16.3 Å². The van der Waals surface area contributed by atoms with Crippen molar-refractivity contribution in [3.05, 3.63) is 28.8 Å². The van der Waals surface area contributed by atoms with Crippen molar-refractivity contribution < 1.29 is 4.74 Å². The van der Waals surface area contributed by atoms with Gasteiger partial charge in [0, 0.05) is 13.1 Å². The zero-order valence-corrected chi connectivity index (χ0v) is 14.3. The monoisotopic (exact) mass is 309 g/mol. The first-order valence-electron chi connectivity index (χ1n) is 8.29. The van der Waals surface area contributed by atoms with Crippen molar-refractivity contribution in [2.45, 2.75) is 65.1 Å². The molecule has 2 rings (SSSR count). The molecule has 3 heteroatoms. The molecule has 1 aromatic carbocycles. The van der Waals surface area contributed by atoms with E-state index in [9.17, 15) is 0 Å². The van der Waals surface area contributed by atoms with Gasteiger partial charge in [-0.1, -0.05) is 43.9 Å². The van der Waals surface area contributed by atoms with Gasteiger partial charge in [-0.15, -0.1) is 0 Å². The minimum Gasteiger partial charge on any atom is -0.372 e. The zero-order valence-electron chi connectivity index (χ0n) is 13.6. The van der Waals surface area contributed by atoms with Crippen LogP contribution in [0.3, 0.4) is 0 Å². The van der Waals surface area contributed by atoms with Gasteiger partial charge >= 0.3 is 0 Å². The van der Waals surface area contributed by atoms with Crippen molar-refractivity contribution in [2.75, 3.05) is 18.0 Å². The van der Waals surface area contributed by atoms with Crippen molar-refractivity contribution >= 4 is 17.3 Å². The van der Waals surface area contributed by atoms with E-state index < -0.39 is 0 Å². The lowest BCUT2D eigenvalue weighted by atomic mass is 10.1. The first-order valence-corrected chi connectivity index (χ1v) is 8.66. The predicted octanol–water partition coefficient (Wildman–Crippen LogP) is 5.08. The summed E-state index contributed by atoms with van der Waals surface area (Å²) in [5.74, 6) is 0. The summed E-state index contributed by atoms with van der Waals surface area (Å²) in [5, 5.41) is 0.879. The van der Waals surface area contributed by atoms with Crippen LogP contribution >= 0.6 is 11.6 Å². The molecule has 0 bridgehead atoms. The van der Waals surface area contributed by atoms with Crippen molar-refractivity contribution in [1.82, 2.24) is 0 Å². The maximum atomic E-state index is 6.52. The number of unbranched alkanes of at least 4 members (excludes halogenated alkanes) is 3. The second kappa shape index (κ2) is 8.05. The van der Waals surface area contributed by atoms with Gasteiger partial charge in [-0.25, -0.2) is 0 Å². The lowest BCUT2D eigenvalue weighted by molar-refractivity contribution is -0.00520. The third kappa shape index (κ3) is 4.89. The van der Waals surface area contributed by atoms with Crippen molar-refractivity contribution in [3.63, 3.8) is 0 Å². The number of morpholine rings is 1. The molecule has 0 N–H and O–H groups in total. The van der Waals surface area contributed by atoms with Crippen LogP contribution in [0.5, 0.6) is 0 Å². The smallest absolute Gasteiger partial charge is 0.0726 e. The third-order valence-electron chi connectivity index (χ3n) is 4.09. The second-order valence-electron chi connectivity index (χ2n) is 6.26. The highest BCUT2D eigenvalue weighted by atomic mass is 35.5. The Kier molecular flexibility index (Phi) is 6.38. The van der Waals surface area contributed by atoms with Gasteiger partial charge in [0.1, 0.15) is 0 Å². The topological polar surface area (TPSA) is 12.5 Å². The zero-order chi connectivity index (χ0) is 15.2. The summed E-state index contributed by atoms with van der Waals surface area (Å²) >= 11 is 6.52. The lowest BCUT2D eigenvalue weighted by Crippen LogP contribution is -2.45. The largest absolute Gasteiger partial charge is 0.372 e. The van der Waals surface area contributed by atoms with Crippen LogP contribution in [-0.2, 0) is 11.2 Å². The van der Waals surface area contributed by atoms with Gasteiger partial charge < -0.3 is 9.64 Å². The summed E-state index contributed by atoms with van der Waals surface area (Å²) in [7, 11) is 0. The molecule has 1 saturated heterocycles. The minimum absolute atomic E-state index is 0.263. The number of rotatable bonds is 6. The molecule has 0 spiro atoms. The molecule has 1 aliphatic rings. The van der Waals surface area contributed by atoms with E-state index in [-0.39, 0.29) is 12.2 Å². The van der Waals surface area contributed by atoms with Gasteiger partial charge in [-0.2, -0.15) is 0 Å². The number of ether oxygens (including phenoxy) is 1. The Morgan fingerprint density at radius 2 is 1.86 bits per heavy atom. The average molecular weight is 310 g/mol. The van der Waals surface area contributed by atoms with Crippen LogP contribution in [0.2, 0.25) is 5.02 Å². The Labute approximate surface area is 134 Å². The standard InChI is InChI=1S/C18H28ClNO/c1-4-5-6-7-8-16-9-10-18(17(19)11-16)20-12-14(2)21-15(3)13-20/h9-11,14-15H,4-8,12-13H2,1-3H3/t14-,15+. The molecule has 1 aliphatic heterocycles. The Morgan fingerprint density at radius 1 is 1.14 bits per heavy atom. The predicted molar refractivity (Wildman–Crippen MR) is 91.5 cm³/mol. The maximum absolute atomic E-state index is 6.52. The summed E-state index contributed by atoms with van der Waals surface area (Å²) in [6.07, 6.45) is 6.85. The molecule has 1 fully saturated rings. The third-order valence-corrected chi connectivity index (χ3v) is 4.39. The van der Waals surface area contributed by atoms with E-state index in [0.29, 0.717) is 0 Å². The van der Waals surface area contributed by atoms with E-state index >= 15 is 0 Å². The van der Waals surface area contributed by atoms with Gasteiger partial charge in [0.2, 0.25) is 0 Å². The lowest BCUT2D eigenvalue weighted by Gasteiger charge is -2.37. The highest BCUT2D eigenvalue weighted by Gasteiger charge is 2.23.